The fourth-order valence-corrected chi connectivity index (χ4v) is 2.68. The largest absolute Gasteiger partial charge is 0.355 e. The Morgan fingerprint density at radius 2 is 2.05 bits per heavy atom. The Kier molecular flexibility index (Phi) is 3.41. The van der Waals surface area contributed by atoms with Gasteiger partial charge in [-0.3, -0.25) is 4.79 Å². The van der Waals surface area contributed by atoms with E-state index in [2.05, 4.69) is 20.4 Å². The molecular weight excluding hydrogens is 260 g/mol. The van der Waals surface area contributed by atoms with E-state index < -0.39 is 0 Å². The summed E-state index contributed by atoms with van der Waals surface area (Å²) in [6.45, 7) is 2.05. The minimum atomic E-state index is -0.223. The Morgan fingerprint density at radius 3 is 2.68 bits per heavy atom. The monoisotopic (exact) mass is 274 g/mol. The molecule has 1 fully saturated rings. The second-order valence-electron chi connectivity index (χ2n) is 4.44. The maximum Gasteiger partial charge on any atom is 0.276 e. The van der Waals surface area contributed by atoms with E-state index in [0.29, 0.717) is 5.69 Å². The highest BCUT2D eigenvalue weighted by Crippen LogP contribution is 2.17. The molecular formula is C13H14N4OS. The Hall–Kier alpha value is -1.95. The van der Waals surface area contributed by atoms with E-state index in [9.17, 15) is 4.79 Å². The van der Waals surface area contributed by atoms with Crippen LogP contribution in [0.4, 0.5) is 11.5 Å². The lowest BCUT2D eigenvalue weighted by atomic mass is 10.3. The van der Waals surface area contributed by atoms with E-state index in [1.54, 1.807) is 6.07 Å². The molecule has 1 aliphatic heterocycles. The summed E-state index contributed by atoms with van der Waals surface area (Å²) in [5, 5.41) is 14.7. The minimum Gasteiger partial charge on any atom is -0.355 e. The Morgan fingerprint density at radius 1 is 1.21 bits per heavy atom. The predicted octanol–water partition coefficient (Wildman–Crippen LogP) is 2.39. The molecule has 19 heavy (non-hydrogen) atoms. The number of amides is 1. The van der Waals surface area contributed by atoms with E-state index in [0.717, 1.165) is 24.6 Å². The molecule has 0 radical (unpaired) electrons. The third-order valence-electron chi connectivity index (χ3n) is 3.09. The highest BCUT2D eigenvalue weighted by atomic mass is 32.1. The van der Waals surface area contributed by atoms with E-state index in [4.69, 9.17) is 0 Å². The van der Waals surface area contributed by atoms with Crippen molar-refractivity contribution in [2.24, 2.45) is 0 Å². The van der Waals surface area contributed by atoms with Crippen LogP contribution in [0.5, 0.6) is 0 Å². The van der Waals surface area contributed by atoms with Crippen molar-refractivity contribution in [1.29, 1.82) is 0 Å². The fourth-order valence-electron chi connectivity index (χ4n) is 2.09. The number of carbonyl (C=O) groups is 1. The highest BCUT2D eigenvalue weighted by molar-refractivity contribution is 7.08. The molecule has 0 unspecified atom stereocenters. The summed E-state index contributed by atoms with van der Waals surface area (Å²) in [5.74, 6) is 0.628. The Balaban J connectivity index is 1.69. The number of carbonyl (C=O) groups excluding carboxylic acids is 1. The summed E-state index contributed by atoms with van der Waals surface area (Å²) in [5.41, 5.74) is 1.13. The average Bonchev–Trinajstić information content (AvgIpc) is 3.12. The fraction of sp³-hybridized carbons (Fsp3) is 0.308. The summed E-state index contributed by atoms with van der Waals surface area (Å²) in [4.78, 5) is 14.1. The van der Waals surface area contributed by atoms with Gasteiger partial charge in [-0.25, -0.2) is 0 Å². The second kappa shape index (κ2) is 5.36. The van der Waals surface area contributed by atoms with Crippen LogP contribution in [0, 0.1) is 0 Å². The number of hydrogen-bond acceptors (Lipinski definition) is 5. The molecule has 2 aromatic rings. The van der Waals surface area contributed by atoms with Crippen molar-refractivity contribution in [2.75, 3.05) is 23.3 Å². The van der Waals surface area contributed by atoms with Gasteiger partial charge in [-0.05, 0) is 36.4 Å². The van der Waals surface area contributed by atoms with Gasteiger partial charge in [0.15, 0.2) is 11.5 Å². The zero-order valence-corrected chi connectivity index (χ0v) is 11.2. The number of nitrogens with zero attached hydrogens (tertiary/aromatic N) is 3. The van der Waals surface area contributed by atoms with Crippen LogP contribution in [0.15, 0.2) is 29.0 Å². The Labute approximate surface area is 115 Å². The van der Waals surface area contributed by atoms with Crippen molar-refractivity contribution < 1.29 is 4.79 Å². The number of hydrogen-bond donors (Lipinski definition) is 1. The normalized spacial score (nSPS) is 14.6. The molecule has 6 heteroatoms. The molecule has 2 aromatic heterocycles. The van der Waals surface area contributed by atoms with Gasteiger partial charge in [0, 0.05) is 18.5 Å². The van der Waals surface area contributed by atoms with Gasteiger partial charge >= 0.3 is 0 Å². The lowest BCUT2D eigenvalue weighted by molar-refractivity contribution is 0.102. The van der Waals surface area contributed by atoms with Crippen LogP contribution in [0.25, 0.3) is 0 Å². The standard InChI is InChI=1S/C13H14N4OS/c18-13(14-10-5-8-19-9-10)11-3-4-12(16-15-11)17-6-1-2-7-17/h3-5,8-9H,1-2,6-7H2,(H,14,18). The van der Waals surface area contributed by atoms with Crippen molar-refractivity contribution in [2.45, 2.75) is 12.8 Å². The minimum absolute atomic E-state index is 0.223. The maximum absolute atomic E-state index is 11.9. The molecule has 0 spiro atoms. The van der Waals surface area contributed by atoms with Gasteiger partial charge < -0.3 is 10.2 Å². The summed E-state index contributed by atoms with van der Waals surface area (Å²) in [6.07, 6.45) is 2.39. The molecule has 1 aliphatic rings. The molecule has 1 N–H and O–H groups in total. The third kappa shape index (κ3) is 2.73. The topological polar surface area (TPSA) is 58.1 Å². The van der Waals surface area contributed by atoms with Crippen LogP contribution in [-0.4, -0.2) is 29.2 Å². The smallest absolute Gasteiger partial charge is 0.276 e. The SMILES string of the molecule is O=C(Nc1ccsc1)c1ccc(N2CCCC2)nn1. The molecule has 0 aliphatic carbocycles. The van der Waals surface area contributed by atoms with E-state index in [1.165, 1.54) is 24.2 Å². The molecule has 1 saturated heterocycles. The van der Waals surface area contributed by atoms with Crippen LogP contribution in [-0.2, 0) is 0 Å². The summed E-state index contributed by atoms with van der Waals surface area (Å²) in [6, 6.07) is 5.44. The number of thiophene rings is 1. The molecule has 5 nitrogen and oxygen atoms in total. The molecule has 0 atom stereocenters. The zero-order chi connectivity index (χ0) is 13.1. The first-order valence-electron chi connectivity index (χ1n) is 6.25. The van der Waals surface area contributed by atoms with Crippen molar-refractivity contribution in [3.05, 3.63) is 34.7 Å². The summed E-state index contributed by atoms with van der Waals surface area (Å²) < 4.78 is 0. The van der Waals surface area contributed by atoms with Crippen molar-refractivity contribution in [3.63, 3.8) is 0 Å². The van der Waals surface area contributed by atoms with Gasteiger partial charge in [0.1, 0.15) is 0 Å². The van der Waals surface area contributed by atoms with Gasteiger partial charge in [-0.15, -0.1) is 10.2 Å². The number of anilines is 2. The molecule has 1 amide bonds. The van der Waals surface area contributed by atoms with Crippen molar-refractivity contribution in [1.82, 2.24) is 10.2 Å². The lowest BCUT2D eigenvalue weighted by Gasteiger charge is -2.15. The summed E-state index contributed by atoms with van der Waals surface area (Å²) in [7, 11) is 0. The van der Waals surface area contributed by atoms with E-state index >= 15 is 0 Å². The Bertz CT molecular complexity index is 547. The maximum atomic E-state index is 11.9. The van der Waals surface area contributed by atoms with Crippen molar-refractivity contribution >= 4 is 28.7 Å². The quantitative estimate of drug-likeness (QED) is 0.933. The first-order chi connectivity index (χ1) is 9.33. The second-order valence-corrected chi connectivity index (χ2v) is 5.22. The van der Waals surface area contributed by atoms with Crippen LogP contribution in [0.2, 0.25) is 0 Å². The molecule has 3 heterocycles. The highest BCUT2D eigenvalue weighted by Gasteiger charge is 2.15. The number of aromatic nitrogens is 2. The first kappa shape index (κ1) is 12.1. The number of rotatable bonds is 3. The molecule has 0 saturated carbocycles. The van der Waals surface area contributed by atoms with Crippen LogP contribution >= 0.6 is 11.3 Å². The van der Waals surface area contributed by atoms with Crippen molar-refractivity contribution in [3.8, 4) is 0 Å². The predicted molar refractivity (Wildman–Crippen MR) is 75.8 cm³/mol. The number of nitrogens with one attached hydrogen (secondary N) is 1. The van der Waals surface area contributed by atoms with E-state index in [-0.39, 0.29) is 5.91 Å². The molecule has 0 bridgehead atoms. The average molecular weight is 274 g/mol. The van der Waals surface area contributed by atoms with Gasteiger partial charge in [0.05, 0.1) is 5.69 Å². The van der Waals surface area contributed by atoms with Gasteiger partial charge in [0.25, 0.3) is 5.91 Å². The zero-order valence-electron chi connectivity index (χ0n) is 10.4. The van der Waals surface area contributed by atoms with Crippen LogP contribution in [0.3, 0.4) is 0 Å². The lowest BCUT2D eigenvalue weighted by Crippen LogP contribution is -2.20. The molecule has 98 valence electrons. The summed E-state index contributed by atoms with van der Waals surface area (Å²) >= 11 is 1.54. The van der Waals surface area contributed by atoms with Crippen LogP contribution < -0.4 is 10.2 Å². The van der Waals surface area contributed by atoms with Gasteiger partial charge in [0.2, 0.25) is 0 Å². The first-order valence-corrected chi connectivity index (χ1v) is 7.19. The van der Waals surface area contributed by atoms with Gasteiger partial charge in [-0.2, -0.15) is 11.3 Å². The van der Waals surface area contributed by atoms with Gasteiger partial charge in [-0.1, -0.05) is 0 Å². The molecule has 0 aromatic carbocycles. The third-order valence-corrected chi connectivity index (χ3v) is 3.78. The molecule has 3 rings (SSSR count). The van der Waals surface area contributed by atoms with E-state index in [1.807, 2.05) is 22.9 Å². The van der Waals surface area contributed by atoms with Crippen LogP contribution in [0.1, 0.15) is 23.3 Å².